The average Bonchev–Trinajstić information content (AvgIpc) is 2.77. The Morgan fingerprint density at radius 3 is 2.32 bits per heavy atom. The summed E-state index contributed by atoms with van der Waals surface area (Å²) >= 11 is 0. The Kier molecular flexibility index (Phi) is 8.21. The van der Waals surface area contributed by atoms with Crippen LogP contribution < -0.4 is 5.32 Å². The van der Waals surface area contributed by atoms with Gasteiger partial charge in [-0.15, -0.1) is 0 Å². The van der Waals surface area contributed by atoms with Crippen LogP contribution >= 0.6 is 0 Å². The number of rotatable bonds is 8. The molecule has 0 bridgehead atoms. The lowest BCUT2D eigenvalue weighted by Crippen LogP contribution is -2.52. The molecule has 166 valence electrons. The van der Waals surface area contributed by atoms with Crippen LogP contribution in [-0.4, -0.2) is 28.8 Å². The molecule has 0 unspecified atom stereocenters. The van der Waals surface area contributed by atoms with Crippen LogP contribution in [0, 0.1) is 12.7 Å². The summed E-state index contributed by atoms with van der Waals surface area (Å²) in [6.45, 7) is 4.25. The van der Waals surface area contributed by atoms with Crippen molar-refractivity contribution in [3.8, 4) is 0 Å². The van der Waals surface area contributed by atoms with Gasteiger partial charge in [0.2, 0.25) is 11.8 Å². The Labute approximate surface area is 184 Å². The van der Waals surface area contributed by atoms with Crippen LogP contribution in [0.2, 0.25) is 0 Å². The number of amides is 2. The van der Waals surface area contributed by atoms with Crippen molar-refractivity contribution in [3.63, 3.8) is 0 Å². The van der Waals surface area contributed by atoms with E-state index in [1.807, 2.05) is 38.1 Å². The molecule has 3 rings (SSSR count). The zero-order valence-corrected chi connectivity index (χ0v) is 18.6. The molecule has 0 aromatic heterocycles. The lowest BCUT2D eigenvalue weighted by molar-refractivity contribution is -0.141. The first-order valence-corrected chi connectivity index (χ1v) is 11.4. The molecule has 4 nitrogen and oxygen atoms in total. The summed E-state index contributed by atoms with van der Waals surface area (Å²) in [4.78, 5) is 28.2. The molecule has 1 atom stereocenters. The van der Waals surface area contributed by atoms with Crippen LogP contribution in [0.3, 0.4) is 0 Å². The number of aryl methyl sites for hydroxylation is 1. The van der Waals surface area contributed by atoms with Crippen LogP contribution in [0.25, 0.3) is 0 Å². The van der Waals surface area contributed by atoms with Crippen molar-refractivity contribution in [2.24, 2.45) is 0 Å². The summed E-state index contributed by atoms with van der Waals surface area (Å²) in [7, 11) is 0. The number of hydrogen-bond donors (Lipinski definition) is 1. The minimum absolute atomic E-state index is 0.0637. The fraction of sp³-hybridized carbons (Fsp3) is 0.462. The largest absolute Gasteiger partial charge is 0.352 e. The van der Waals surface area contributed by atoms with Crippen molar-refractivity contribution >= 4 is 11.8 Å². The van der Waals surface area contributed by atoms with Crippen molar-refractivity contribution in [1.82, 2.24) is 10.2 Å². The molecule has 1 saturated carbocycles. The number of carbonyl (C=O) groups is 2. The van der Waals surface area contributed by atoms with Gasteiger partial charge in [-0.25, -0.2) is 4.39 Å². The molecule has 0 radical (unpaired) electrons. The van der Waals surface area contributed by atoms with E-state index >= 15 is 0 Å². The maximum atomic E-state index is 14.2. The van der Waals surface area contributed by atoms with E-state index in [4.69, 9.17) is 0 Å². The van der Waals surface area contributed by atoms with E-state index in [9.17, 15) is 14.0 Å². The van der Waals surface area contributed by atoms with E-state index in [2.05, 4.69) is 5.32 Å². The van der Waals surface area contributed by atoms with Gasteiger partial charge in [0.25, 0.3) is 0 Å². The summed E-state index contributed by atoms with van der Waals surface area (Å²) in [5.74, 6) is -0.740. The Bertz CT molecular complexity index is 892. The monoisotopic (exact) mass is 424 g/mol. The minimum atomic E-state index is -0.583. The second-order valence-electron chi connectivity index (χ2n) is 8.48. The van der Waals surface area contributed by atoms with Gasteiger partial charge in [-0.05, 0) is 48.9 Å². The highest BCUT2D eigenvalue weighted by atomic mass is 19.1. The number of carbonyl (C=O) groups excluding carboxylic acids is 2. The summed E-state index contributed by atoms with van der Waals surface area (Å²) in [6.07, 6.45) is 5.89. The van der Waals surface area contributed by atoms with Crippen LogP contribution in [0.15, 0.2) is 48.5 Å². The highest BCUT2D eigenvalue weighted by Gasteiger charge is 2.30. The lowest BCUT2D eigenvalue weighted by Gasteiger charge is -2.33. The van der Waals surface area contributed by atoms with E-state index in [0.717, 1.165) is 36.8 Å². The molecular formula is C26H33FN2O2. The van der Waals surface area contributed by atoms with E-state index in [1.165, 1.54) is 12.5 Å². The molecule has 1 aliphatic carbocycles. The van der Waals surface area contributed by atoms with Gasteiger partial charge in [-0.2, -0.15) is 0 Å². The molecule has 1 fully saturated rings. The highest BCUT2D eigenvalue weighted by molar-refractivity contribution is 5.88. The van der Waals surface area contributed by atoms with E-state index in [-0.39, 0.29) is 24.3 Å². The predicted octanol–water partition coefficient (Wildman–Crippen LogP) is 4.93. The Morgan fingerprint density at radius 1 is 1.03 bits per heavy atom. The maximum absolute atomic E-state index is 14.2. The van der Waals surface area contributed by atoms with Crippen LogP contribution in [-0.2, 0) is 22.6 Å². The van der Waals surface area contributed by atoms with Gasteiger partial charge >= 0.3 is 0 Å². The third-order valence-electron chi connectivity index (χ3n) is 6.24. The molecular weight excluding hydrogens is 391 g/mol. The first kappa shape index (κ1) is 23.0. The van der Waals surface area contributed by atoms with Crippen molar-refractivity contribution in [2.75, 3.05) is 0 Å². The van der Waals surface area contributed by atoms with Gasteiger partial charge in [0.15, 0.2) is 0 Å². The summed E-state index contributed by atoms with van der Waals surface area (Å²) < 4.78 is 14.2. The van der Waals surface area contributed by atoms with E-state index in [1.54, 1.807) is 23.1 Å². The molecule has 31 heavy (non-hydrogen) atoms. The number of nitrogens with zero attached hydrogens (tertiary/aromatic N) is 1. The first-order chi connectivity index (χ1) is 15.0. The molecule has 2 aromatic carbocycles. The topological polar surface area (TPSA) is 49.4 Å². The van der Waals surface area contributed by atoms with Gasteiger partial charge in [0.05, 0.1) is 6.42 Å². The highest BCUT2D eigenvalue weighted by Crippen LogP contribution is 2.20. The van der Waals surface area contributed by atoms with Crippen molar-refractivity contribution in [1.29, 1.82) is 0 Å². The Balaban J connectivity index is 1.83. The van der Waals surface area contributed by atoms with Gasteiger partial charge in [-0.1, -0.05) is 68.7 Å². The smallest absolute Gasteiger partial charge is 0.243 e. The van der Waals surface area contributed by atoms with Gasteiger partial charge in [0, 0.05) is 12.6 Å². The zero-order chi connectivity index (χ0) is 22.2. The lowest BCUT2D eigenvalue weighted by atomic mass is 9.95. The van der Waals surface area contributed by atoms with Crippen LogP contribution in [0.5, 0.6) is 0 Å². The summed E-state index contributed by atoms with van der Waals surface area (Å²) in [5, 5.41) is 3.17. The predicted molar refractivity (Wildman–Crippen MR) is 121 cm³/mol. The molecule has 5 heteroatoms. The number of benzene rings is 2. The fourth-order valence-corrected chi connectivity index (χ4v) is 4.34. The molecule has 1 N–H and O–H groups in total. The van der Waals surface area contributed by atoms with E-state index in [0.29, 0.717) is 18.5 Å². The third kappa shape index (κ3) is 6.16. The second-order valence-corrected chi connectivity index (χ2v) is 8.48. The quantitative estimate of drug-likeness (QED) is 0.653. The number of halogens is 1. The number of hydrogen-bond acceptors (Lipinski definition) is 2. The molecule has 0 spiro atoms. The minimum Gasteiger partial charge on any atom is -0.352 e. The SMILES string of the molecule is CC[C@H](C(=O)NC1CCCCC1)N(Cc1ccccc1C)C(=O)Cc1ccccc1F. The molecule has 0 saturated heterocycles. The normalized spacial score (nSPS) is 15.3. The summed E-state index contributed by atoms with van der Waals surface area (Å²) in [6, 6.07) is 13.8. The van der Waals surface area contributed by atoms with Gasteiger partial charge < -0.3 is 10.2 Å². The fourth-order valence-electron chi connectivity index (χ4n) is 4.34. The molecule has 0 heterocycles. The zero-order valence-electron chi connectivity index (χ0n) is 18.6. The van der Waals surface area contributed by atoms with Crippen molar-refractivity contribution in [3.05, 3.63) is 71.0 Å². The Hall–Kier alpha value is -2.69. The third-order valence-corrected chi connectivity index (χ3v) is 6.24. The second kappa shape index (κ2) is 11.1. The molecule has 2 amide bonds. The molecule has 2 aromatic rings. The average molecular weight is 425 g/mol. The first-order valence-electron chi connectivity index (χ1n) is 11.4. The molecule has 1 aliphatic rings. The Morgan fingerprint density at radius 2 is 1.68 bits per heavy atom. The van der Waals surface area contributed by atoms with Crippen molar-refractivity contribution in [2.45, 2.75) is 77.4 Å². The van der Waals surface area contributed by atoms with Crippen LogP contribution in [0.4, 0.5) is 4.39 Å². The summed E-state index contributed by atoms with van der Waals surface area (Å²) in [5.41, 5.74) is 2.41. The maximum Gasteiger partial charge on any atom is 0.243 e. The van der Waals surface area contributed by atoms with Crippen molar-refractivity contribution < 1.29 is 14.0 Å². The van der Waals surface area contributed by atoms with Crippen LogP contribution in [0.1, 0.15) is 62.1 Å². The molecule has 0 aliphatic heterocycles. The van der Waals surface area contributed by atoms with Gasteiger partial charge in [-0.3, -0.25) is 9.59 Å². The number of nitrogens with one attached hydrogen (secondary N) is 1. The van der Waals surface area contributed by atoms with Gasteiger partial charge in [0.1, 0.15) is 11.9 Å². The van der Waals surface area contributed by atoms with E-state index < -0.39 is 11.9 Å². The standard InChI is InChI=1S/C26H33FN2O2/c1-3-24(26(31)28-22-14-5-4-6-15-22)29(18-21-13-8-7-11-19(21)2)25(30)17-20-12-9-10-16-23(20)27/h7-13,16,22,24H,3-6,14-15,17-18H2,1-2H3,(H,28,31)/t24-/m1/s1.